The molecule has 1 atom stereocenters. The number of carbonyl (C=O) groups is 2. The molecule has 0 aliphatic heterocycles. The van der Waals surface area contributed by atoms with Gasteiger partial charge in [-0.15, -0.1) is 0 Å². The van der Waals surface area contributed by atoms with Crippen LogP contribution in [0.25, 0.3) is 0 Å². The zero-order chi connectivity index (χ0) is 15.4. The van der Waals surface area contributed by atoms with Gasteiger partial charge in [0.05, 0.1) is 5.92 Å². The van der Waals surface area contributed by atoms with Crippen molar-refractivity contribution in [2.75, 3.05) is 0 Å². The molecule has 0 spiro atoms. The van der Waals surface area contributed by atoms with E-state index < -0.39 is 23.5 Å². The average molecular weight is 291 g/mol. The summed E-state index contributed by atoms with van der Waals surface area (Å²) in [5.41, 5.74) is -0.633. The normalized spacial score (nSPS) is 14.2. The Kier molecular flexibility index (Phi) is 6.35. The Bertz CT molecular complexity index is 334. The molecule has 0 aliphatic rings. The van der Waals surface area contributed by atoms with E-state index in [1.807, 2.05) is 27.7 Å². The second kappa shape index (κ2) is 6.61. The molecule has 6 heteroatoms. The van der Waals surface area contributed by atoms with Crippen molar-refractivity contribution in [3.63, 3.8) is 0 Å². The molecular formula is C13H25NO4S. The summed E-state index contributed by atoms with van der Waals surface area (Å²) >= 11 is 4.45. The van der Waals surface area contributed by atoms with Crippen molar-refractivity contribution in [1.29, 1.82) is 0 Å². The standard InChI is InChI=1S/C13H25NO4S/c1-8(2)10(15)17-9(11(16)18-14)12(3,4)7-13(5,6)19/h8-9,19H,7,14H2,1-6H3. The quantitative estimate of drug-likeness (QED) is 0.445. The summed E-state index contributed by atoms with van der Waals surface area (Å²) in [6.07, 6.45) is -0.493. The first-order chi connectivity index (χ1) is 8.40. The van der Waals surface area contributed by atoms with Crippen LogP contribution in [0, 0.1) is 11.3 Å². The molecule has 5 nitrogen and oxygen atoms in total. The SMILES string of the molecule is CC(C)C(=O)OC(C(=O)ON)C(C)(C)CC(C)(C)S. The smallest absolute Gasteiger partial charge is 0.366 e. The third-order valence-electron chi connectivity index (χ3n) is 2.63. The predicted molar refractivity (Wildman–Crippen MR) is 76.5 cm³/mol. The molecular weight excluding hydrogens is 266 g/mol. The molecule has 0 bridgehead atoms. The molecule has 0 heterocycles. The summed E-state index contributed by atoms with van der Waals surface area (Å²) in [4.78, 5) is 27.7. The molecule has 0 aromatic rings. The number of esters is 1. The topological polar surface area (TPSA) is 78.6 Å². The van der Waals surface area contributed by atoms with Gasteiger partial charge in [-0.3, -0.25) is 4.79 Å². The molecule has 0 aromatic heterocycles. The lowest BCUT2D eigenvalue weighted by Crippen LogP contribution is -2.45. The third-order valence-corrected chi connectivity index (χ3v) is 2.79. The van der Waals surface area contributed by atoms with E-state index in [4.69, 9.17) is 10.6 Å². The van der Waals surface area contributed by atoms with Crippen molar-refractivity contribution >= 4 is 24.6 Å². The molecule has 0 fully saturated rings. The Morgan fingerprint density at radius 1 is 1.16 bits per heavy atom. The highest BCUT2D eigenvalue weighted by atomic mass is 32.1. The van der Waals surface area contributed by atoms with Crippen LogP contribution in [0.5, 0.6) is 0 Å². The Balaban J connectivity index is 5.14. The highest BCUT2D eigenvalue weighted by Gasteiger charge is 2.42. The fourth-order valence-electron chi connectivity index (χ4n) is 2.05. The van der Waals surface area contributed by atoms with Crippen molar-refractivity contribution in [3.8, 4) is 0 Å². The maximum atomic E-state index is 11.8. The van der Waals surface area contributed by atoms with Crippen LogP contribution >= 0.6 is 12.6 Å². The second-order valence-corrected chi connectivity index (χ2v) is 7.60. The Hall–Kier alpha value is -0.750. The van der Waals surface area contributed by atoms with Gasteiger partial charge >= 0.3 is 11.9 Å². The molecule has 19 heavy (non-hydrogen) atoms. The zero-order valence-corrected chi connectivity index (χ0v) is 13.4. The van der Waals surface area contributed by atoms with Crippen LogP contribution in [0.4, 0.5) is 0 Å². The molecule has 0 aliphatic carbocycles. The van der Waals surface area contributed by atoms with Crippen LogP contribution in [0.1, 0.15) is 48.0 Å². The van der Waals surface area contributed by atoms with Crippen LogP contribution in [-0.2, 0) is 19.2 Å². The number of ether oxygens (including phenoxy) is 1. The van der Waals surface area contributed by atoms with Gasteiger partial charge in [-0.05, 0) is 6.42 Å². The van der Waals surface area contributed by atoms with Crippen molar-refractivity contribution in [3.05, 3.63) is 0 Å². The molecule has 1 unspecified atom stereocenters. The first-order valence-electron chi connectivity index (χ1n) is 6.24. The van der Waals surface area contributed by atoms with E-state index in [1.54, 1.807) is 13.8 Å². The maximum Gasteiger partial charge on any atom is 0.366 e. The maximum absolute atomic E-state index is 11.8. The van der Waals surface area contributed by atoms with Crippen molar-refractivity contribution in [1.82, 2.24) is 0 Å². The van der Waals surface area contributed by atoms with Gasteiger partial charge < -0.3 is 9.57 Å². The molecule has 0 radical (unpaired) electrons. The van der Waals surface area contributed by atoms with E-state index in [0.717, 1.165) is 0 Å². The first-order valence-corrected chi connectivity index (χ1v) is 6.69. The largest absolute Gasteiger partial charge is 0.449 e. The van der Waals surface area contributed by atoms with Gasteiger partial charge in [0.15, 0.2) is 0 Å². The van der Waals surface area contributed by atoms with Crippen molar-refractivity contribution in [2.24, 2.45) is 17.2 Å². The van der Waals surface area contributed by atoms with Gasteiger partial charge in [-0.25, -0.2) is 4.79 Å². The monoisotopic (exact) mass is 291 g/mol. The van der Waals surface area contributed by atoms with E-state index in [-0.39, 0.29) is 10.7 Å². The first kappa shape index (κ1) is 18.2. The van der Waals surface area contributed by atoms with Crippen molar-refractivity contribution in [2.45, 2.75) is 58.8 Å². The van der Waals surface area contributed by atoms with Crippen molar-refractivity contribution < 1.29 is 19.2 Å². The Morgan fingerprint density at radius 2 is 1.63 bits per heavy atom. The predicted octanol–water partition coefficient (Wildman–Crippen LogP) is 2.10. The molecule has 0 saturated carbocycles. The van der Waals surface area contributed by atoms with Gasteiger partial charge in [0.1, 0.15) is 0 Å². The summed E-state index contributed by atoms with van der Waals surface area (Å²) in [7, 11) is 0. The summed E-state index contributed by atoms with van der Waals surface area (Å²) in [5.74, 6) is 3.39. The molecule has 0 saturated heterocycles. The summed E-state index contributed by atoms with van der Waals surface area (Å²) in [6.45, 7) is 10.9. The summed E-state index contributed by atoms with van der Waals surface area (Å²) in [6, 6.07) is 0. The molecule has 0 rings (SSSR count). The minimum atomic E-state index is -1.04. The van der Waals surface area contributed by atoms with Gasteiger partial charge in [-0.1, -0.05) is 41.5 Å². The number of hydrogen-bond acceptors (Lipinski definition) is 6. The molecule has 0 amide bonds. The average Bonchev–Trinajstić information content (AvgIpc) is 2.20. The van der Waals surface area contributed by atoms with Crippen LogP contribution in [0.15, 0.2) is 0 Å². The van der Waals surface area contributed by atoms with Crippen LogP contribution in [0.3, 0.4) is 0 Å². The Labute approximate surface area is 120 Å². The lowest BCUT2D eigenvalue weighted by molar-refractivity contribution is -0.179. The summed E-state index contributed by atoms with van der Waals surface area (Å²) in [5, 5.41) is 0. The summed E-state index contributed by atoms with van der Waals surface area (Å²) < 4.78 is 4.93. The van der Waals surface area contributed by atoms with Gasteiger partial charge in [0.25, 0.3) is 0 Å². The number of rotatable bonds is 6. The van der Waals surface area contributed by atoms with Gasteiger partial charge in [-0.2, -0.15) is 18.5 Å². The van der Waals surface area contributed by atoms with E-state index in [0.29, 0.717) is 6.42 Å². The Morgan fingerprint density at radius 3 is 1.95 bits per heavy atom. The van der Waals surface area contributed by atoms with Crippen LogP contribution in [0.2, 0.25) is 0 Å². The van der Waals surface area contributed by atoms with E-state index >= 15 is 0 Å². The zero-order valence-electron chi connectivity index (χ0n) is 12.5. The van der Waals surface area contributed by atoms with E-state index in [9.17, 15) is 9.59 Å². The van der Waals surface area contributed by atoms with E-state index in [1.165, 1.54) is 0 Å². The number of carbonyl (C=O) groups excluding carboxylic acids is 2. The number of thiol groups is 1. The minimum Gasteiger partial charge on any atom is -0.449 e. The van der Waals surface area contributed by atoms with Crippen LogP contribution < -0.4 is 5.90 Å². The fourth-order valence-corrected chi connectivity index (χ4v) is 2.46. The third kappa shape index (κ3) is 6.29. The van der Waals surface area contributed by atoms with Crippen LogP contribution in [-0.4, -0.2) is 22.8 Å². The highest BCUT2D eigenvalue weighted by Crippen LogP contribution is 2.36. The second-order valence-electron chi connectivity index (χ2n) is 6.39. The minimum absolute atomic E-state index is 0.319. The number of nitrogens with two attached hydrogens (primary N) is 1. The molecule has 2 N–H and O–H groups in total. The lowest BCUT2D eigenvalue weighted by Gasteiger charge is -2.36. The van der Waals surface area contributed by atoms with E-state index in [2.05, 4.69) is 17.5 Å². The van der Waals surface area contributed by atoms with Gasteiger partial charge in [0, 0.05) is 10.2 Å². The molecule has 0 aromatic carbocycles. The fraction of sp³-hybridized carbons (Fsp3) is 0.846. The number of hydrogen-bond donors (Lipinski definition) is 2. The molecule has 112 valence electrons. The lowest BCUT2D eigenvalue weighted by atomic mass is 9.78. The highest BCUT2D eigenvalue weighted by molar-refractivity contribution is 7.81. The van der Waals surface area contributed by atoms with Gasteiger partial charge in [0.2, 0.25) is 6.10 Å².